The second-order valence-corrected chi connectivity index (χ2v) is 7.00. The Morgan fingerprint density at radius 3 is 3.00 bits per heavy atom. The number of hydrogen-bond acceptors (Lipinski definition) is 4. The van der Waals surface area contributed by atoms with Crippen molar-refractivity contribution in [2.75, 3.05) is 19.6 Å². The highest BCUT2D eigenvalue weighted by molar-refractivity contribution is 5.94. The lowest BCUT2D eigenvalue weighted by Crippen LogP contribution is -2.33. The molecular weight excluding hydrogens is 330 g/mol. The summed E-state index contributed by atoms with van der Waals surface area (Å²) in [5.41, 5.74) is 3.60. The van der Waals surface area contributed by atoms with Crippen LogP contribution in [0.4, 0.5) is 0 Å². The summed E-state index contributed by atoms with van der Waals surface area (Å²) in [4.78, 5) is 26.6. The number of benzene rings is 1. The summed E-state index contributed by atoms with van der Waals surface area (Å²) < 4.78 is 0. The number of nitrogens with one attached hydrogen (secondary N) is 3. The molecule has 7 heteroatoms. The highest BCUT2D eigenvalue weighted by atomic mass is 16.2. The smallest absolute Gasteiger partial charge is 0.272 e. The van der Waals surface area contributed by atoms with Crippen LogP contribution in [0.3, 0.4) is 0 Å². The Balaban J connectivity index is 1.32. The monoisotopic (exact) mass is 353 g/mol. The molecule has 3 heterocycles. The molecule has 2 aromatic rings. The van der Waals surface area contributed by atoms with Crippen molar-refractivity contribution in [3.63, 3.8) is 0 Å². The number of amides is 2. The molecule has 1 fully saturated rings. The second kappa shape index (κ2) is 7.29. The van der Waals surface area contributed by atoms with E-state index >= 15 is 0 Å². The summed E-state index contributed by atoms with van der Waals surface area (Å²) in [7, 11) is 0. The quantitative estimate of drug-likeness (QED) is 0.743. The fraction of sp³-hybridized carbons (Fsp3) is 0.421. The number of fused-ring (bicyclic) bond motifs is 1. The van der Waals surface area contributed by atoms with Gasteiger partial charge in [-0.2, -0.15) is 5.10 Å². The van der Waals surface area contributed by atoms with E-state index in [-0.39, 0.29) is 17.7 Å². The van der Waals surface area contributed by atoms with Gasteiger partial charge in [0.15, 0.2) is 5.69 Å². The Morgan fingerprint density at radius 2 is 2.15 bits per heavy atom. The molecule has 26 heavy (non-hydrogen) atoms. The van der Waals surface area contributed by atoms with Crippen LogP contribution in [0.15, 0.2) is 30.3 Å². The van der Waals surface area contributed by atoms with Crippen LogP contribution < -0.4 is 10.6 Å². The SMILES string of the molecule is O=C(NCC1CC(=O)N(Cc2ccccc2)C1)c1n[nH]c2c1CNCC2. The Hall–Kier alpha value is -2.67. The lowest BCUT2D eigenvalue weighted by atomic mass is 10.1. The molecule has 1 saturated heterocycles. The van der Waals surface area contributed by atoms with Gasteiger partial charge in [0.2, 0.25) is 5.91 Å². The van der Waals surface area contributed by atoms with Gasteiger partial charge in [0.25, 0.3) is 5.91 Å². The first-order valence-corrected chi connectivity index (χ1v) is 9.07. The average molecular weight is 353 g/mol. The van der Waals surface area contributed by atoms with Crippen molar-refractivity contribution in [1.82, 2.24) is 25.7 Å². The Labute approximate surface area is 152 Å². The van der Waals surface area contributed by atoms with Gasteiger partial charge >= 0.3 is 0 Å². The van der Waals surface area contributed by atoms with Crippen LogP contribution in [0.1, 0.15) is 33.7 Å². The lowest BCUT2D eigenvalue weighted by Gasteiger charge is -2.17. The molecule has 1 aromatic carbocycles. The predicted octanol–water partition coefficient (Wildman–Crippen LogP) is 0.834. The Kier molecular flexibility index (Phi) is 4.71. The molecule has 0 aliphatic carbocycles. The molecule has 7 nitrogen and oxygen atoms in total. The molecule has 0 spiro atoms. The average Bonchev–Trinajstić information content (AvgIpc) is 3.24. The molecule has 2 aliphatic heterocycles. The Bertz CT molecular complexity index is 802. The largest absolute Gasteiger partial charge is 0.350 e. The zero-order valence-corrected chi connectivity index (χ0v) is 14.6. The van der Waals surface area contributed by atoms with E-state index in [1.807, 2.05) is 35.2 Å². The summed E-state index contributed by atoms with van der Waals surface area (Å²) >= 11 is 0. The first-order valence-electron chi connectivity index (χ1n) is 9.07. The minimum Gasteiger partial charge on any atom is -0.350 e. The number of likely N-dealkylation sites (tertiary alicyclic amines) is 1. The summed E-state index contributed by atoms with van der Waals surface area (Å²) in [5.74, 6) is 0.123. The maximum Gasteiger partial charge on any atom is 0.272 e. The van der Waals surface area contributed by atoms with Crippen LogP contribution in [0, 0.1) is 5.92 Å². The predicted molar refractivity (Wildman–Crippen MR) is 96.3 cm³/mol. The number of aromatic amines is 1. The highest BCUT2D eigenvalue weighted by Crippen LogP contribution is 2.20. The molecular formula is C19H23N5O2. The lowest BCUT2D eigenvalue weighted by molar-refractivity contribution is -0.128. The summed E-state index contributed by atoms with van der Waals surface area (Å²) in [6.45, 7) is 3.36. The third-order valence-corrected chi connectivity index (χ3v) is 5.08. The second-order valence-electron chi connectivity index (χ2n) is 7.00. The highest BCUT2D eigenvalue weighted by Gasteiger charge is 2.30. The van der Waals surface area contributed by atoms with E-state index in [4.69, 9.17) is 0 Å². The van der Waals surface area contributed by atoms with Crippen LogP contribution in [0.2, 0.25) is 0 Å². The maximum atomic E-state index is 12.5. The van der Waals surface area contributed by atoms with Crippen LogP contribution >= 0.6 is 0 Å². The zero-order valence-electron chi connectivity index (χ0n) is 14.6. The number of H-pyrrole nitrogens is 1. The molecule has 4 rings (SSSR count). The van der Waals surface area contributed by atoms with Gasteiger partial charge in [-0.1, -0.05) is 30.3 Å². The first-order chi connectivity index (χ1) is 12.7. The summed E-state index contributed by atoms with van der Waals surface area (Å²) in [5, 5.41) is 13.4. The van der Waals surface area contributed by atoms with E-state index in [2.05, 4.69) is 20.8 Å². The van der Waals surface area contributed by atoms with Crippen molar-refractivity contribution in [2.45, 2.75) is 25.9 Å². The van der Waals surface area contributed by atoms with Gasteiger partial charge in [-0.25, -0.2) is 0 Å². The van der Waals surface area contributed by atoms with Gasteiger partial charge in [0.1, 0.15) is 0 Å². The van der Waals surface area contributed by atoms with Gasteiger partial charge in [-0.15, -0.1) is 0 Å². The van der Waals surface area contributed by atoms with Crippen molar-refractivity contribution in [2.24, 2.45) is 5.92 Å². The van der Waals surface area contributed by atoms with Crippen LogP contribution in [0.25, 0.3) is 0 Å². The van der Waals surface area contributed by atoms with E-state index < -0.39 is 0 Å². The third-order valence-electron chi connectivity index (χ3n) is 5.08. The van der Waals surface area contributed by atoms with E-state index in [9.17, 15) is 9.59 Å². The number of carbonyl (C=O) groups excluding carboxylic acids is 2. The van der Waals surface area contributed by atoms with Crippen LogP contribution in [-0.4, -0.2) is 46.5 Å². The number of nitrogens with zero attached hydrogens (tertiary/aromatic N) is 2. The van der Waals surface area contributed by atoms with E-state index in [1.165, 1.54) is 0 Å². The van der Waals surface area contributed by atoms with E-state index in [1.54, 1.807) is 0 Å². The van der Waals surface area contributed by atoms with Gasteiger partial charge < -0.3 is 15.5 Å². The minimum absolute atomic E-state index is 0.142. The normalized spacial score (nSPS) is 19.5. The van der Waals surface area contributed by atoms with Crippen LogP contribution in [0.5, 0.6) is 0 Å². The molecule has 1 unspecified atom stereocenters. The molecule has 1 aromatic heterocycles. The number of aromatic nitrogens is 2. The van der Waals surface area contributed by atoms with Crippen LogP contribution in [-0.2, 0) is 24.3 Å². The van der Waals surface area contributed by atoms with Crippen molar-refractivity contribution >= 4 is 11.8 Å². The topological polar surface area (TPSA) is 90.1 Å². The first kappa shape index (κ1) is 16.8. The standard InChI is InChI=1S/C19H23N5O2/c25-17-8-14(12-24(17)11-13-4-2-1-3-5-13)9-21-19(26)18-15-10-20-7-6-16(15)22-23-18/h1-5,14,20H,6-12H2,(H,21,26)(H,22,23). The number of hydrogen-bond donors (Lipinski definition) is 3. The maximum absolute atomic E-state index is 12.5. The summed E-state index contributed by atoms with van der Waals surface area (Å²) in [6, 6.07) is 9.98. The summed E-state index contributed by atoms with van der Waals surface area (Å²) in [6.07, 6.45) is 1.34. The van der Waals surface area contributed by atoms with Gasteiger partial charge in [0, 0.05) is 62.7 Å². The fourth-order valence-corrected chi connectivity index (χ4v) is 3.68. The molecule has 0 radical (unpaired) electrons. The number of carbonyl (C=O) groups is 2. The number of rotatable bonds is 5. The third kappa shape index (κ3) is 3.48. The van der Waals surface area contributed by atoms with Crippen molar-refractivity contribution < 1.29 is 9.59 Å². The molecule has 0 bridgehead atoms. The fourth-order valence-electron chi connectivity index (χ4n) is 3.68. The zero-order chi connectivity index (χ0) is 17.9. The minimum atomic E-state index is -0.167. The van der Waals surface area contributed by atoms with Crippen molar-refractivity contribution in [3.05, 3.63) is 52.8 Å². The molecule has 0 saturated carbocycles. The van der Waals surface area contributed by atoms with Crippen molar-refractivity contribution in [1.29, 1.82) is 0 Å². The molecule has 136 valence electrons. The van der Waals surface area contributed by atoms with Crippen molar-refractivity contribution in [3.8, 4) is 0 Å². The molecule has 1 atom stereocenters. The van der Waals surface area contributed by atoms with Gasteiger partial charge in [-0.05, 0) is 5.56 Å². The molecule has 3 N–H and O–H groups in total. The van der Waals surface area contributed by atoms with E-state index in [0.29, 0.717) is 38.3 Å². The Morgan fingerprint density at radius 1 is 1.31 bits per heavy atom. The molecule has 2 aliphatic rings. The van der Waals surface area contributed by atoms with E-state index in [0.717, 1.165) is 29.8 Å². The van der Waals surface area contributed by atoms with Gasteiger partial charge in [-0.3, -0.25) is 14.7 Å². The molecule has 2 amide bonds. The van der Waals surface area contributed by atoms with Gasteiger partial charge in [0.05, 0.1) is 0 Å².